The van der Waals surface area contributed by atoms with Crippen LogP contribution in [0.15, 0.2) is 96.4 Å². The molecule has 0 aliphatic carbocycles. The van der Waals surface area contributed by atoms with E-state index in [9.17, 15) is 13.2 Å². The van der Waals surface area contributed by atoms with Crippen molar-refractivity contribution >= 4 is 21.6 Å². The van der Waals surface area contributed by atoms with Gasteiger partial charge in [-0.15, -0.1) is 0 Å². The zero-order valence-electron chi connectivity index (χ0n) is 18.7. The van der Waals surface area contributed by atoms with Gasteiger partial charge in [0.15, 0.2) is 0 Å². The van der Waals surface area contributed by atoms with Crippen LogP contribution in [0.2, 0.25) is 0 Å². The number of nitrogens with zero attached hydrogens (tertiary/aromatic N) is 2. The van der Waals surface area contributed by atoms with Gasteiger partial charge in [0, 0.05) is 29.3 Å². The Hall–Kier alpha value is -4.11. The van der Waals surface area contributed by atoms with Crippen LogP contribution in [0.5, 0.6) is 5.75 Å². The predicted octanol–water partition coefficient (Wildman–Crippen LogP) is 4.17. The highest BCUT2D eigenvalue weighted by Gasteiger charge is 2.18. The normalized spacial score (nSPS) is 12.1. The van der Waals surface area contributed by atoms with E-state index in [-0.39, 0.29) is 22.4 Å². The van der Waals surface area contributed by atoms with Gasteiger partial charge in [0.1, 0.15) is 5.75 Å². The molecule has 0 saturated carbocycles. The van der Waals surface area contributed by atoms with Crippen LogP contribution in [-0.2, 0) is 10.0 Å². The Labute approximate surface area is 198 Å². The van der Waals surface area contributed by atoms with Crippen molar-refractivity contribution in [2.24, 2.45) is 0 Å². The highest BCUT2D eigenvalue weighted by atomic mass is 32.2. The van der Waals surface area contributed by atoms with Gasteiger partial charge < -0.3 is 14.6 Å². The summed E-state index contributed by atoms with van der Waals surface area (Å²) >= 11 is 0. The summed E-state index contributed by atoms with van der Waals surface area (Å²) in [6.07, 6.45) is 5.27. The molecule has 1 aromatic heterocycles. The van der Waals surface area contributed by atoms with Gasteiger partial charge in [-0.1, -0.05) is 18.2 Å². The first-order valence-electron chi connectivity index (χ1n) is 10.5. The minimum Gasteiger partial charge on any atom is -0.497 e. The highest BCUT2D eigenvalue weighted by Crippen LogP contribution is 2.21. The predicted molar refractivity (Wildman–Crippen MR) is 130 cm³/mol. The van der Waals surface area contributed by atoms with Gasteiger partial charge in [0.25, 0.3) is 15.9 Å². The van der Waals surface area contributed by atoms with Crippen LogP contribution in [0.3, 0.4) is 0 Å². The smallest absolute Gasteiger partial charge is 0.261 e. The Bertz CT molecular complexity index is 1370. The molecule has 2 N–H and O–H groups in total. The molecule has 3 aromatic carbocycles. The number of ether oxygens (including phenoxy) is 1. The molecule has 8 nitrogen and oxygen atoms in total. The summed E-state index contributed by atoms with van der Waals surface area (Å²) in [5.41, 5.74) is 2.52. The third kappa shape index (κ3) is 5.26. The molecule has 4 rings (SSSR count). The molecule has 174 valence electrons. The van der Waals surface area contributed by atoms with Gasteiger partial charge in [0.05, 0.1) is 24.4 Å². The van der Waals surface area contributed by atoms with Crippen molar-refractivity contribution in [2.45, 2.75) is 17.9 Å². The molecule has 4 aromatic rings. The topological polar surface area (TPSA) is 102 Å². The number of benzene rings is 3. The molecule has 0 radical (unpaired) electrons. The van der Waals surface area contributed by atoms with Crippen LogP contribution in [-0.4, -0.2) is 31.0 Å². The van der Waals surface area contributed by atoms with Crippen molar-refractivity contribution in [3.05, 3.63) is 103 Å². The molecule has 34 heavy (non-hydrogen) atoms. The summed E-state index contributed by atoms with van der Waals surface area (Å²) in [5.74, 6) is 0.250. The second-order valence-electron chi connectivity index (χ2n) is 7.62. The summed E-state index contributed by atoms with van der Waals surface area (Å²) in [4.78, 5) is 16.9. The summed E-state index contributed by atoms with van der Waals surface area (Å²) in [5, 5.41) is 2.92. The van der Waals surface area contributed by atoms with Gasteiger partial charge >= 0.3 is 0 Å². The van der Waals surface area contributed by atoms with Gasteiger partial charge in [-0.2, -0.15) is 0 Å². The standard InChI is InChI=1S/C25H24N4O4S/c1-18(19-6-10-22(11-7-19)29-15-14-26-17-29)27-25(30)20-4-3-5-24(16-20)34(31,32)28-21-8-12-23(33-2)13-9-21/h3-18,28H,1-2H3,(H,27,30). The molecule has 1 amide bonds. The maximum absolute atomic E-state index is 12.8. The van der Waals surface area contributed by atoms with Gasteiger partial charge in [-0.25, -0.2) is 13.4 Å². The number of carbonyl (C=O) groups is 1. The van der Waals surface area contributed by atoms with E-state index in [1.54, 1.807) is 48.9 Å². The Morgan fingerprint density at radius 1 is 1.03 bits per heavy atom. The Kier molecular flexibility index (Phi) is 6.65. The number of carbonyl (C=O) groups excluding carboxylic acids is 1. The largest absolute Gasteiger partial charge is 0.497 e. The Morgan fingerprint density at radius 2 is 1.76 bits per heavy atom. The number of amides is 1. The van der Waals surface area contributed by atoms with E-state index < -0.39 is 10.0 Å². The molecule has 9 heteroatoms. The number of methoxy groups -OCH3 is 1. The number of hydrogen-bond donors (Lipinski definition) is 2. The third-order valence-electron chi connectivity index (χ3n) is 5.29. The SMILES string of the molecule is COc1ccc(NS(=O)(=O)c2cccc(C(=O)NC(C)c3ccc(-n4ccnc4)cc3)c2)cc1. The van der Waals surface area contributed by atoms with Gasteiger partial charge in [-0.3, -0.25) is 9.52 Å². The molecule has 0 spiro atoms. The Morgan fingerprint density at radius 3 is 2.41 bits per heavy atom. The monoisotopic (exact) mass is 476 g/mol. The van der Waals surface area contributed by atoms with Crippen LogP contribution in [0.4, 0.5) is 5.69 Å². The van der Waals surface area contributed by atoms with Crippen molar-refractivity contribution in [3.63, 3.8) is 0 Å². The summed E-state index contributed by atoms with van der Waals surface area (Å²) in [6, 6.07) is 19.9. The van der Waals surface area contributed by atoms with Crippen molar-refractivity contribution < 1.29 is 17.9 Å². The maximum atomic E-state index is 12.8. The lowest BCUT2D eigenvalue weighted by atomic mass is 10.1. The summed E-state index contributed by atoms with van der Waals surface area (Å²) < 4.78 is 35.1. The van der Waals surface area contributed by atoms with E-state index in [4.69, 9.17) is 4.74 Å². The number of hydrogen-bond acceptors (Lipinski definition) is 5. The van der Waals surface area contributed by atoms with Crippen LogP contribution in [0.1, 0.15) is 28.9 Å². The molecule has 0 bridgehead atoms. The second-order valence-corrected chi connectivity index (χ2v) is 9.30. The van der Waals surface area contributed by atoms with E-state index in [1.807, 2.05) is 42.0 Å². The molecular formula is C25H24N4O4S. The fraction of sp³-hybridized carbons (Fsp3) is 0.120. The van der Waals surface area contributed by atoms with Crippen LogP contribution < -0.4 is 14.8 Å². The molecule has 1 unspecified atom stereocenters. The zero-order valence-corrected chi connectivity index (χ0v) is 19.5. The minimum atomic E-state index is -3.87. The molecular weight excluding hydrogens is 452 g/mol. The van der Waals surface area contributed by atoms with Crippen molar-refractivity contribution in [1.82, 2.24) is 14.9 Å². The van der Waals surface area contributed by atoms with E-state index in [1.165, 1.54) is 19.2 Å². The van der Waals surface area contributed by atoms with Crippen molar-refractivity contribution in [2.75, 3.05) is 11.8 Å². The van der Waals surface area contributed by atoms with E-state index in [0.29, 0.717) is 11.4 Å². The van der Waals surface area contributed by atoms with Crippen LogP contribution in [0.25, 0.3) is 5.69 Å². The van der Waals surface area contributed by atoms with E-state index >= 15 is 0 Å². The lowest BCUT2D eigenvalue weighted by Crippen LogP contribution is -2.27. The van der Waals surface area contributed by atoms with Crippen molar-refractivity contribution in [1.29, 1.82) is 0 Å². The molecule has 1 atom stereocenters. The van der Waals surface area contributed by atoms with Crippen LogP contribution >= 0.6 is 0 Å². The molecule has 0 aliphatic heterocycles. The number of sulfonamides is 1. The van der Waals surface area contributed by atoms with Gasteiger partial charge in [-0.05, 0) is 67.1 Å². The number of nitrogens with one attached hydrogen (secondary N) is 2. The van der Waals surface area contributed by atoms with E-state index in [2.05, 4.69) is 15.0 Å². The molecule has 1 heterocycles. The first-order valence-corrected chi connectivity index (χ1v) is 12.0. The summed E-state index contributed by atoms with van der Waals surface area (Å²) in [6.45, 7) is 1.87. The second kappa shape index (κ2) is 9.80. The van der Waals surface area contributed by atoms with Crippen LogP contribution in [0, 0.1) is 0 Å². The quantitative estimate of drug-likeness (QED) is 0.397. The molecule has 0 aliphatic rings. The number of aromatic nitrogens is 2. The number of rotatable bonds is 8. The zero-order chi connectivity index (χ0) is 24.1. The third-order valence-corrected chi connectivity index (χ3v) is 6.67. The first-order chi connectivity index (χ1) is 16.4. The maximum Gasteiger partial charge on any atom is 0.261 e. The van der Waals surface area contributed by atoms with E-state index in [0.717, 1.165) is 11.3 Å². The fourth-order valence-corrected chi connectivity index (χ4v) is 4.49. The average Bonchev–Trinajstić information content (AvgIpc) is 3.39. The highest BCUT2D eigenvalue weighted by molar-refractivity contribution is 7.92. The Balaban J connectivity index is 1.45. The molecule has 0 saturated heterocycles. The molecule has 0 fully saturated rings. The number of imidazole rings is 1. The number of anilines is 1. The van der Waals surface area contributed by atoms with Crippen molar-refractivity contribution in [3.8, 4) is 11.4 Å². The lowest BCUT2D eigenvalue weighted by Gasteiger charge is -2.16. The summed E-state index contributed by atoms with van der Waals surface area (Å²) in [7, 11) is -2.34. The van der Waals surface area contributed by atoms with Gasteiger partial charge in [0.2, 0.25) is 0 Å². The lowest BCUT2D eigenvalue weighted by molar-refractivity contribution is 0.0939. The average molecular weight is 477 g/mol. The fourth-order valence-electron chi connectivity index (χ4n) is 3.39. The minimum absolute atomic E-state index is 0.00620. The first kappa shape index (κ1) is 23.1.